The maximum atomic E-state index is 14.3. The smallest absolute Gasteiger partial charge is 0.173 e. The van der Waals surface area contributed by atoms with Gasteiger partial charge in [0.25, 0.3) is 0 Å². The first-order valence-electron chi connectivity index (χ1n) is 11.0. The van der Waals surface area contributed by atoms with E-state index < -0.39 is 0 Å². The first-order chi connectivity index (χ1) is 15.3. The number of piperazine rings is 1. The lowest BCUT2D eigenvalue weighted by Crippen LogP contribution is -2.48. The Bertz CT molecular complexity index is 982. The molecule has 3 heterocycles. The molecule has 0 saturated carbocycles. The van der Waals surface area contributed by atoms with Crippen LogP contribution in [-0.4, -0.2) is 64.0 Å². The van der Waals surface area contributed by atoms with Gasteiger partial charge in [0.1, 0.15) is 5.82 Å². The molecule has 0 radical (unpaired) electrons. The Morgan fingerprint density at radius 3 is 2.52 bits per heavy atom. The molecule has 2 aliphatic rings. The van der Waals surface area contributed by atoms with Gasteiger partial charge in [-0.05, 0) is 41.0 Å². The quantitative estimate of drug-likeness (QED) is 0.609. The molecule has 2 fully saturated rings. The van der Waals surface area contributed by atoms with Crippen molar-refractivity contribution >= 4 is 5.69 Å². The fourth-order valence-electron chi connectivity index (χ4n) is 4.61. The molecule has 0 aliphatic carbocycles. The zero-order valence-electron chi connectivity index (χ0n) is 17.5. The minimum Gasteiger partial charge on any atom is -0.376 e. The maximum absolute atomic E-state index is 14.3. The number of rotatable bonds is 6. The lowest BCUT2D eigenvalue weighted by molar-refractivity contribution is 0.0906. The number of hydrogen-bond donors (Lipinski definition) is 0. The summed E-state index contributed by atoms with van der Waals surface area (Å²) in [5.74, 6) is 0.664. The number of benzene rings is 2. The average Bonchev–Trinajstić information content (AvgIpc) is 3.49. The van der Waals surface area contributed by atoms with E-state index in [1.54, 1.807) is 6.07 Å². The predicted octanol–water partition coefficient (Wildman–Crippen LogP) is 2.90. The van der Waals surface area contributed by atoms with E-state index in [0.717, 1.165) is 57.0 Å². The van der Waals surface area contributed by atoms with Crippen LogP contribution in [0.4, 0.5) is 10.1 Å². The highest BCUT2D eigenvalue weighted by atomic mass is 19.1. The summed E-state index contributed by atoms with van der Waals surface area (Å²) in [7, 11) is 0. The molecule has 3 aromatic rings. The summed E-state index contributed by atoms with van der Waals surface area (Å²) in [6.07, 6.45) is 2.29. The Labute approximate surface area is 181 Å². The van der Waals surface area contributed by atoms with Gasteiger partial charge in [0, 0.05) is 32.8 Å². The molecule has 0 bridgehead atoms. The van der Waals surface area contributed by atoms with Crippen molar-refractivity contribution in [3.05, 3.63) is 71.8 Å². The normalized spacial score (nSPS) is 20.8. The van der Waals surface area contributed by atoms with Gasteiger partial charge in [-0.25, -0.2) is 9.07 Å². The molecule has 31 heavy (non-hydrogen) atoms. The molecule has 0 spiro atoms. The van der Waals surface area contributed by atoms with Crippen molar-refractivity contribution in [2.45, 2.75) is 31.5 Å². The van der Waals surface area contributed by atoms with Gasteiger partial charge in [0.2, 0.25) is 0 Å². The van der Waals surface area contributed by atoms with Gasteiger partial charge in [-0.15, -0.1) is 5.10 Å². The van der Waals surface area contributed by atoms with E-state index in [2.05, 4.69) is 37.5 Å². The van der Waals surface area contributed by atoms with Gasteiger partial charge in [-0.1, -0.05) is 42.5 Å². The third kappa shape index (κ3) is 4.31. The fraction of sp³-hybridized carbons (Fsp3) is 0.435. The second-order valence-corrected chi connectivity index (χ2v) is 8.14. The van der Waals surface area contributed by atoms with Crippen LogP contribution in [0.2, 0.25) is 0 Å². The SMILES string of the molecule is Fc1ccccc1N1CCN([C@H](c2ccccc2)c2nnnn2C[C@@H]2CCCO2)CC1. The predicted molar refractivity (Wildman–Crippen MR) is 115 cm³/mol. The summed E-state index contributed by atoms with van der Waals surface area (Å²) in [5.41, 5.74) is 1.83. The summed E-state index contributed by atoms with van der Waals surface area (Å²) in [6, 6.07) is 17.3. The summed E-state index contributed by atoms with van der Waals surface area (Å²) in [5, 5.41) is 12.7. The molecule has 7 nitrogen and oxygen atoms in total. The lowest BCUT2D eigenvalue weighted by Gasteiger charge is -2.40. The largest absolute Gasteiger partial charge is 0.376 e. The molecule has 0 amide bonds. The second kappa shape index (κ2) is 9.11. The zero-order valence-corrected chi connectivity index (χ0v) is 17.5. The third-order valence-corrected chi connectivity index (χ3v) is 6.19. The summed E-state index contributed by atoms with van der Waals surface area (Å²) in [4.78, 5) is 4.51. The van der Waals surface area contributed by atoms with E-state index in [1.165, 1.54) is 6.07 Å². The van der Waals surface area contributed by atoms with E-state index in [1.807, 2.05) is 35.0 Å². The van der Waals surface area contributed by atoms with Gasteiger partial charge >= 0.3 is 0 Å². The molecule has 162 valence electrons. The van der Waals surface area contributed by atoms with Crippen LogP contribution >= 0.6 is 0 Å². The molecule has 5 rings (SSSR count). The van der Waals surface area contributed by atoms with Crippen LogP contribution < -0.4 is 4.90 Å². The molecule has 0 unspecified atom stereocenters. The van der Waals surface area contributed by atoms with Crippen molar-refractivity contribution in [3.63, 3.8) is 0 Å². The molecular formula is C23H27FN6O. The van der Waals surface area contributed by atoms with Crippen LogP contribution in [0.1, 0.15) is 30.3 Å². The molecule has 8 heteroatoms. The van der Waals surface area contributed by atoms with Crippen LogP contribution in [0, 0.1) is 5.82 Å². The van der Waals surface area contributed by atoms with Crippen molar-refractivity contribution in [1.82, 2.24) is 25.1 Å². The van der Waals surface area contributed by atoms with Crippen LogP contribution in [0.5, 0.6) is 0 Å². The molecule has 1 aromatic heterocycles. The monoisotopic (exact) mass is 422 g/mol. The number of ether oxygens (including phenoxy) is 1. The molecule has 2 atom stereocenters. The van der Waals surface area contributed by atoms with Gasteiger partial charge < -0.3 is 9.64 Å². The Balaban J connectivity index is 1.39. The molecule has 2 saturated heterocycles. The number of hydrogen-bond acceptors (Lipinski definition) is 6. The summed E-state index contributed by atoms with van der Waals surface area (Å²) in [6.45, 7) is 4.56. The standard InChI is InChI=1S/C23H27FN6O/c24-20-10-4-5-11-21(20)28-12-14-29(15-13-28)22(18-7-2-1-3-8-18)23-25-26-27-30(23)17-19-9-6-16-31-19/h1-5,7-8,10-11,19,22H,6,9,12-17H2/t19-,22+/m0/s1. The molecule has 0 N–H and O–H groups in total. The van der Waals surface area contributed by atoms with Crippen molar-refractivity contribution in [2.24, 2.45) is 0 Å². The molecule has 2 aliphatic heterocycles. The molecule has 2 aromatic carbocycles. The van der Waals surface area contributed by atoms with Crippen LogP contribution in [0.15, 0.2) is 54.6 Å². The maximum Gasteiger partial charge on any atom is 0.173 e. The summed E-state index contributed by atoms with van der Waals surface area (Å²) >= 11 is 0. The van der Waals surface area contributed by atoms with Crippen LogP contribution in [0.3, 0.4) is 0 Å². The van der Waals surface area contributed by atoms with Crippen molar-refractivity contribution in [2.75, 3.05) is 37.7 Å². The number of halogens is 1. The minimum absolute atomic E-state index is 0.0552. The number of tetrazole rings is 1. The van der Waals surface area contributed by atoms with Crippen LogP contribution in [-0.2, 0) is 11.3 Å². The average molecular weight is 423 g/mol. The van der Waals surface area contributed by atoms with Crippen molar-refractivity contribution in [3.8, 4) is 0 Å². The van der Waals surface area contributed by atoms with Gasteiger partial charge in [-0.2, -0.15) is 0 Å². The topological polar surface area (TPSA) is 59.3 Å². The highest BCUT2D eigenvalue weighted by molar-refractivity contribution is 5.48. The van der Waals surface area contributed by atoms with E-state index in [-0.39, 0.29) is 18.0 Å². The first-order valence-corrected chi connectivity index (χ1v) is 11.0. The Kier molecular flexibility index (Phi) is 5.90. The minimum atomic E-state index is -0.170. The van der Waals surface area contributed by atoms with E-state index >= 15 is 0 Å². The number of aromatic nitrogens is 4. The van der Waals surface area contributed by atoms with Crippen LogP contribution in [0.25, 0.3) is 0 Å². The van der Waals surface area contributed by atoms with Crippen molar-refractivity contribution in [1.29, 1.82) is 0 Å². The Morgan fingerprint density at radius 1 is 1.00 bits per heavy atom. The Hall–Kier alpha value is -2.84. The van der Waals surface area contributed by atoms with E-state index in [0.29, 0.717) is 12.2 Å². The Morgan fingerprint density at radius 2 is 1.77 bits per heavy atom. The lowest BCUT2D eigenvalue weighted by atomic mass is 10.0. The molecular weight excluding hydrogens is 395 g/mol. The van der Waals surface area contributed by atoms with E-state index in [4.69, 9.17) is 4.74 Å². The first kappa shape index (κ1) is 20.1. The number of nitrogens with zero attached hydrogens (tertiary/aromatic N) is 6. The third-order valence-electron chi connectivity index (χ3n) is 6.19. The fourth-order valence-corrected chi connectivity index (χ4v) is 4.61. The summed E-state index contributed by atoms with van der Waals surface area (Å²) < 4.78 is 22.0. The highest BCUT2D eigenvalue weighted by Crippen LogP contribution is 2.30. The zero-order chi connectivity index (χ0) is 21.0. The van der Waals surface area contributed by atoms with Crippen molar-refractivity contribution < 1.29 is 9.13 Å². The van der Waals surface area contributed by atoms with E-state index in [9.17, 15) is 4.39 Å². The second-order valence-electron chi connectivity index (χ2n) is 8.14. The highest BCUT2D eigenvalue weighted by Gasteiger charge is 2.32. The van der Waals surface area contributed by atoms with Gasteiger partial charge in [0.05, 0.1) is 24.4 Å². The number of anilines is 1. The van der Waals surface area contributed by atoms with Gasteiger partial charge in [0.15, 0.2) is 5.82 Å². The number of para-hydroxylation sites is 1. The van der Waals surface area contributed by atoms with Gasteiger partial charge in [-0.3, -0.25) is 4.90 Å².